The molecule has 1 saturated carbocycles. The third-order valence-electron chi connectivity index (χ3n) is 3.80. The fraction of sp³-hybridized carbons (Fsp3) is 0.600. The summed E-state index contributed by atoms with van der Waals surface area (Å²) in [5.74, 6) is 1.49. The van der Waals surface area contributed by atoms with Gasteiger partial charge in [-0.2, -0.15) is 0 Å². The predicted octanol–water partition coefficient (Wildman–Crippen LogP) is 5.71. The molecular weight excluding hydrogens is 312 g/mol. The number of hydrogen-bond donors (Lipinski definition) is 0. The van der Waals surface area contributed by atoms with Crippen molar-refractivity contribution in [3.63, 3.8) is 0 Å². The first-order valence-corrected chi connectivity index (χ1v) is 7.93. The Morgan fingerprint density at radius 3 is 2.50 bits per heavy atom. The molecule has 0 spiro atoms. The van der Waals surface area contributed by atoms with Gasteiger partial charge in [-0.05, 0) is 37.0 Å². The first kappa shape index (κ1) is 14.2. The molecule has 100 valence electrons. The molecule has 1 aliphatic rings. The van der Waals surface area contributed by atoms with Crippen LogP contribution in [0.25, 0.3) is 0 Å². The van der Waals surface area contributed by atoms with E-state index >= 15 is 0 Å². The second kappa shape index (κ2) is 6.81. The van der Waals surface area contributed by atoms with Gasteiger partial charge < -0.3 is 4.74 Å². The highest BCUT2D eigenvalue weighted by Crippen LogP contribution is 2.42. The quantitative estimate of drug-likeness (QED) is 0.509. The van der Waals surface area contributed by atoms with Crippen LogP contribution in [-0.4, -0.2) is 7.11 Å². The van der Waals surface area contributed by atoms with Gasteiger partial charge in [0, 0.05) is 10.0 Å². The summed E-state index contributed by atoms with van der Waals surface area (Å²) in [6.07, 6.45) is 7.81. The van der Waals surface area contributed by atoms with E-state index in [2.05, 4.69) is 22.0 Å². The summed E-state index contributed by atoms with van der Waals surface area (Å²) >= 11 is 10.2. The lowest BCUT2D eigenvalue weighted by molar-refractivity contribution is 0.393. The van der Waals surface area contributed by atoms with E-state index in [4.69, 9.17) is 16.3 Å². The molecule has 1 aromatic rings. The minimum atomic E-state index is 0.0653. The van der Waals surface area contributed by atoms with E-state index in [0.717, 1.165) is 15.8 Å². The van der Waals surface area contributed by atoms with Crippen LogP contribution in [-0.2, 0) is 0 Å². The number of halogens is 2. The number of alkyl halides is 1. The average molecular weight is 332 g/mol. The smallest absolute Gasteiger partial charge is 0.123 e. The first-order chi connectivity index (χ1) is 8.72. The zero-order valence-corrected chi connectivity index (χ0v) is 13.1. The van der Waals surface area contributed by atoms with Crippen molar-refractivity contribution in [2.24, 2.45) is 5.92 Å². The lowest BCUT2D eigenvalue weighted by atomic mass is 9.91. The fourth-order valence-electron chi connectivity index (χ4n) is 2.78. The van der Waals surface area contributed by atoms with Crippen molar-refractivity contribution >= 4 is 27.5 Å². The molecule has 2 rings (SSSR count). The minimum absolute atomic E-state index is 0.0653. The van der Waals surface area contributed by atoms with Gasteiger partial charge in [-0.15, -0.1) is 11.6 Å². The monoisotopic (exact) mass is 330 g/mol. The Balaban J connectivity index is 2.20. The predicted molar refractivity (Wildman–Crippen MR) is 80.5 cm³/mol. The highest BCUT2D eigenvalue weighted by molar-refractivity contribution is 9.10. The SMILES string of the molecule is COc1ccc(Br)cc1C(Cl)C1CCCCCC1. The lowest BCUT2D eigenvalue weighted by Gasteiger charge is -2.22. The van der Waals surface area contributed by atoms with Crippen LogP contribution in [0.3, 0.4) is 0 Å². The molecule has 18 heavy (non-hydrogen) atoms. The zero-order chi connectivity index (χ0) is 13.0. The van der Waals surface area contributed by atoms with Crippen LogP contribution in [0.5, 0.6) is 5.75 Å². The highest BCUT2D eigenvalue weighted by Gasteiger charge is 2.24. The van der Waals surface area contributed by atoms with Crippen LogP contribution >= 0.6 is 27.5 Å². The van der Waals surface area contributed by atoms with Crippen molar-refractivity contribution in [1.82, 2.24) is 0 Å². The molecule has 1 atom stereocenters. The summed E-state index contributed by atoms with van der Waals surface area (Å²) in [7, 11) is 1.71. The minimum Gasteiger partial charge on any atom is -0.496 e. The third-order valence-corrected chi connectivity index (χ3v) is 4.89. The standard InChI is InChI=1S/C15H20BrClO/c1-18-14-9-8-12(16)10-13(14)15(17)11-6-4-2-3-5-7-11/h8-11,15H,2-7H2,1H3. The van der Waals surface area contributed by atoms with Gasteiger partial charge in [-0.25, -0.2) is 0 Å². The van der Waals surface area contributed by atoms with Gasteiger partial charge in [0.25, 0.3) is 0 Å². The van der Waals surface area contributed by atoms with Crippen molar-refractivity contribution in [2.75, 3.05) is 7.11 Å². The maximum absolute atomic E-state index is 6.71. The Morgan fingerprint density at radius 1 is 1.22 bits per heavy atom. The van der Waals surface area contributed by atoms with Gasteiger partial charge in [0.1, 0.15) is 5.75 Å². The molecule has 1 fully saturated rings. The van der Waals surface area contributed by atoms with Crippen LogP contribution in [0.4, 0.5) is 0 Å². The van der Waals surface area contributed by atoms with Gasteiger partial charge in [0.05, 0.1) is 12.5 Å². The molecule has 1 nitrogen and oxygen atoms in total. The molecular formula is C15H20BrClO. The molecule has 0 aliphatic heterocycles. The van der Waals surface area contributed by atoms with Crippen LogP contribution in [0.1, 0.15) is 49.5 Å². The maximum Gasteiger partial charge on any atom is 0.123 e. The Morgan fingerprint density at radius 2 is 1.89 bits per heavy atom. The van der Waals surface area contributed by atoms with Crippen LogP contribution in [0.15, 0.2) is 22.7 Å². The molecule has 0 bridgehead atoms. The third kappa shape index (κ3) is 3.42. The van der Waals surface area contributed by atoms with Gasteiger partial charge in [0.15, 0.2) is 0 Å². The molecule has 1 unspecified atom stereocenters. The van der Waals surface area contributed by atoms with Crippen molar-refractivity contribution in [2.45, 2.75) is 43.9 Å². The zero-order valence-electron chi connectivity index (χ0n) is 10.8. The summed E-state index contributed by atoms with van der Waals surface area (Å²) in [4.78, 5) is 0. The summed E-state index contributed by atoms with van der Waals surface area (Å²) < 4.78 is 6.51. The number of methoxy groups -OCH3 is 1. The van der Waals surface area contributed by atoms with Gasteiger partial charge in [-0.1, -0.05) is 41.6 Å². The Hall–Kier alpha value is -0.210. The summed E-state index contributed by atoms with van der Waals surface area (Å²) in [5, 5.41) is 0.0653. The van der Waals surface area contributed by atoms with E-state index in [1.165, 1.54) is 38.5 Å². The summed E-state index contributed by atoms with van der Waals surface area (Å²) in [5.41, 5.74) is 1.13. The van der Waals surface area contributed by atoms with Crippen molar-refractivity contribution in [3.05, 3.63) is 28.2 Å². The van der Waals surface area contributed by atoms with Crippen LogP contribution in [0.2, 0.25) is 0 Å². The summed E-state index contributed by atoms with van der Waals surface area (Å²) in [6.45, 7) is 0. The number of ether oxygens (including phenoxy) is 1. The van der Waals surface area contributed by atoms with Gasteiger partial charge in [-0.3, -0.25) is 0 Å². The Kier molecular flexibility index (Phi) is 5.38. The largest absolute Gasteiger partial charge is 0.496 e. The Labute approximate surface area is 123 Å². The molecule has 0 N–H and O–H groups in total. The van der Waals surface area contributed by atoms with Crippen molar-refractivity contribution in [3.8, 4) is 5.75 Å². The van der Waals surface area contributed by atoms with E-state index in [1.807, 2.05) is 12.1 Å². The van der Waals surface area contributed by atoms with Crippen LogP contribution < -0.4 is 4.74 Å². The number of benzene rings is 1. The van der Waals surface area contributed by atoms with E-state index in [1.54, 1.807) is 7.11 Å². The normalized spacial score (nSPS) is 19.3. The second-order valence-electron chi connectivity index (χ2n) is 5.04. The topological polar surface area (TPSA) is 9.23 Å². The molecule has 0 heterocycles. The van der Waals surface area contributed by atoms with E-state index < -0.39 is 0 Å². The molecule has 0 amide bonds. The van der Waals surface area contributed by atoms with Gasteiger partial charge >= 0.3 is 0 Å². The maximum atomic E-state index is 6.71. The van der Waals surface area contributed by atoms with E-state index in [0.29, 0.717) is 5.92 Å². The van der Waals surface area contributed by atoms with Crippen LogP contribution in [0, 0.1) is 5.92 Å². The van der Waals surface area contributed by atoms with Gasteiger partial charge in [0.2, 0.25) is 0 Å². The average Bonchev–Trinajstić information content (AvgIpc) is 2.66. The fourth-order valence-corrected chi connectivity index (χ4v) is 3.58. The molecule has 3 heteroatoms. The second-order valence-corrected chi connectivity index (χ2v) is 6.43. The molecule has 0 saturated heterocycles. The molecule has 0 aromatic heterocycles. The molecule has 1 aliphatic carbocycles. The van der Waals surface area contributed by atoms with Crippen molar-refractivity contribution in [1.29, 1.82) is 0 Å². The lowest BCUT2D eigenvalue weighted by Crippen LogP contribution is -2.08. The number of hydrogen-bond acceptors (Lipinski definition) is 1. The first-order valence-electron chi connectivity index (χ1n) is 6.70. The molecule has 0 radical (unpaired) electrons. The van der Waals surface area contributed by atoms with E-state index in [9.17, 15) is 0 Å². The summed E-state index contributed by atoms with van der Waals surface area (Å²) in [6, 6.07) is 6.09. The van der Waals surface area contributed by atoms with Crippen molar-refractivity contribution < 1.29 is 4.74 Å². The highest BCUT2D eigenvalue weighted by atomic mass is 79.9. The van der Waals surface area contributed by atoms with E-state index in [-0.39, 0.29) is 5.38 Å². The molecule has 1 aromatic carbocycles. The number of rotatable bonds is 3. The Bertz CT molecular complexity index is 386.